The molecule has 3 rings (SSSR count). The number of hydrogen-bond acceptors (Lipinski definition) is 2. The van der Waals surface area contributed by atoms with Crippen molar-refractivity contribution >= 4 is 17.7 Å². The van der Waals surface area contributed by atoms with Crippen molar-refractivity contribution in [1.82, 2.24) is 4.90 Å². The summed E-state index contributed by atoms with van der Waals surface area (Å²) in [6.07, 6.45) is 0. The molecular weight excluding hydrogens is 273 g/mol. The second-order valence-electron chi connectivity index (χ2n) is 4.69. The lowest BCUT2D eigenvalue weighted by atomic mass is 10.1. The fourth-order valence-electron chi connectivity index (χ4n) is 2.34. The van der Waals surface area contributed by atoms with Crippen molar-refractivity contribution in [1.29, 1.82) is 0 Å². The molecule has 1 atom stereocenters. The lowest BCUT2D eigenvalue weighted by molar-refractivity contribution is -0.128. The van der Waals surface area contributed by atoms with Gasteiger partial charge in [0.25, 0.3) is 0 Å². The van der Waals surface area contributed by atoms with Gasteiger partial charge in [0.1, 0.15) is 11.2 Å². The molecule has 0 radical (unpaired) electrons. The Morgan fingerprint density at radius 1 is 1.10 bits per heavy atom. The maximum Gasteiger partial charge on any atom is 0.234 e. The molecule has 1 saturated heterocycles. The maximum absolute atomic E-state index is 13.9. The van der Waals surface area contributed by atoms with Gasteiger partial charge >= 0.3 is 0 Å². The molecule has 2 aromatic rings. The van der Waals surface area contributed by atoms with Gasteiger partial charge in [0, 0.05) is 12.1 Å². The van der Waals surface area contributed by atoms with Crippen molar-refractivity contribution < 1.29 is 9.18 Å². The van der Waals surface area contributed by atoms with Crippen LogP contribution in [-0.4, -0.2) is 16.6 Å². The first-order chi connectivity index (χ1) is 9.75. The van der Waals surface area contributed by atoms with Crippen LogP contribution < -0.4 is 0 Å². The number of halogens is 1. The van der Waals surface area contributed by atoms with E-state index in [-0.39, 0.29) is 17.1 Å². The van der Waals surface area contributed by atoms with Crippen molar-refractivity contribution in [3.8, 4) is 0 Å². The quantitative estimate of drug-likeness (QED) is 0.859. The first kappa shape index (κ1) is 13.2. The van der Waals surface area contributed by atoms with E-state index in [0.29, 0.717) is 17.9 Å². The molecule has 1 heterocycles. The fourth-order valence-corrected chi connectivity index (χ4v) is 3.55. The van der Waals surface area contributed by atoms with E-state index in [1.807, 2.05) is 36.4 Å². The molecule has 20 heavy (non-hydrogen) atoms. The van der Waals surface area contributed by atoms with E-state index in [1.165, 1.54) is 17.8 Å². The molecule has 0 saturated carbocycles. The van der Waals surface area contributed by atoms with Crippen LogP contribution in [0.5, 0.6) is 0 Å². The Balaban J connectivity index is 1.88. The van der Waals surface area contributed by atoms with E-state index in [0.717, 1.165) is 5.56 Å². The first-order valence-electron chi connectivity index (χ1n) is 6.45. The van der Waals surface area contributed by atoms with Gasteiger partial charge in [-0.1, -0.05) is 48.5 Å². The summed E-state index contributed by atoms with van der Waals surface area (Å²) < 4.78 is 13.9. The zero-order valence-corrected chi connectivity index (χ0v) is 11.6. The Morgan fingerprint density at radius 2 is 1.80 bits per heavy atom. The molecule has 1 fully saturated rings. The number of benzene rings is 2. The zero-order chi connectivity index (χ0) is 13.9. The lowest BCUT2D eigenvalue weighted by Gasteiger charge is -2.24. The third-order valence-corrected chi connectivity index (χ3v) is 4.57. The summed E-state index contributed by atoms with van der Waals surface area (Å²) in [7, 11) is 0. The predicted molar refractivity (Wildman–Crippen MR) is 78.6 cm³/mol. The van der Waals surface area contributed by atoms with Crippen LogP contribution in [0.4, 0.5) is 4.39 Å². The number of carbonyl (C=O) groups is 1. The van der Waals surface area contributed by atoms with Crippen LogP contribution >= 0.6 is 11.8 Å². The Bertz CT molecular complexity index is 617. The molecule has 2 nitrogen and oxygen atoms in total. The summed E-state index contributed by atoms with van der Waals surface area (Å²) in [6, 6.07) is 16.5. The Labute approximate surface area is 121 Å². The van der Waals surface area contributed by atoms with Crippen LogP contribution in [-0.2, 0) is 11.3 Å². The molecule has 4 heteroatoms. The number of thioether (sulfide) groups is 1. The van der Waals surface area contributed by atoms with Crippen LogP contribution in [0.1, 0.15) is 16.5 Å². The van der Waals surface area contributed by atoms with Gasteiger partial charge in [0.05, 0.1) is 5.75 Å². The van der Waals surface area contributed by atoms with Gasteiger partial charge in [0.15, 0.2) is 0 Å². The van der Waals surface area contributed by atoms with Crippen molar-refractivity contribution in [2.45, 2.75) is 11.9 Å². The summed E-state index contributed by atoms with van der Waals surface area (Å²) in [6.45, 7) is 0.520. The number of rotatable bonds is 3. The first-order valence-corrected chi connectivity index (χ1v) is 7.50. The Morgan fingerprint density at radius 3 is 2.55 bits per heavy atom. The molecule has 0 spiro atoms. The highest BCUT2D eigenvalue weighted by Crippen LogP contribution is 2.40. The number of nitrogens with zero attached hydrogens (tertiary/aromatic N) is 1. The molecule has 1 amide bonds. The second-order valence-corrected chi connectivity index (χ2v) is 5.76. The van der Waals surface area contributed by atoms with Gasteiger partial charge in [-0.25, -0.2) is 4.39 Å². The van der Waals surface area contributed by atoms with Crippen molar-refractivity contribution in [2.75, 3.05) is 5.75 Å². The van der Waals surface area contributed by atoms with E-state index in [9.17, 15) is 9.18 Å². The van der Waals surface area contributed by atoms with E-state index in [1.54, 1.807) is 17.0 Å². The van der Waals surface area contributed by atoms with E-state index >= 15 is 0 Å². The van der Waals surface area contributed by atoms with Crippen LogP contribution in [0, 0.1) is 5.82 Å². The molecule has 1 aliphatic heterocycles. The van der Waals surface area contributed by atoms with Gasteiger partial charge < -0.3 is 4.90 Å². The molecule has 0 bridgehead atoms. The largest absolute Gasteiger partial charge is 0.321 e. The second kappa shape index (κ2) is 5.67. The number of amides is 1. The minimum Gasteiger partial charge on any atom is -0.321 e. The van der Waals surface area contributed by atoms with Crippen LogP contribution in [0.2, 0.25) is 0 Å². The summed E-state index contributed by atoms with van der Waals surface area (Å²) in [5.41, 5.74) is 1.64. The van der Waals surface area contributed by atoms with Crippen molar-refractivity contribution in [3.05, 3.63) is 71.5 Å². The highest BCUT2D eigenvalue weighted by molar-refractivity contribution is 8.00. The third kappa shape index (κ3) is 2.56. The SMILES string of the molecule is O=C1CSC(c2ccccc2F)N1Cc1ccccc1. The maximum atomic E-state index is 13.9. The normalized spacial score (nSPS) is 18.6. The smallest absolute Gasteiger partial charge is 0.234 e. The minimum absolute atomic E-state index is 0.0621. The molecule has 2 aromatic carbocycles. The van der Waals surface area contributed by atoms with Crippen molar-refractivity contribution in [2.24, 2.45) is 0 Å². The summed E-state index contributed by atoms with van der Waals surface area (Å²) in [5, 5.41) is -0.232. The fraction of sp³-hybridized carbons (Fsp3) is 0.188. The number of hydrogen-bond donors (Lipinski definition) is 0. The highest BCUT2D eigenvalue weighted by Gasteiger charge is 2.34. The molecular formula is C16H14FNOS. The molecule has 1 aliphatic rings. The van der Waals surface area contributed by atoms with E-state index in [2.05, 4.69) is 0 Å². The van der Waals surface area contributed by atoms with Crippen LogP contribution in [0.15, 0.2) is 54.6 Å². The van der Waals surface area contributed by atoms with Gasteiger partial charge in [-0.05, 0) is 11.6 Å². The zero-order valence-electron chi connectivity index (χ0n) is 10.8. The lowest BCUT2D eigenvalue weighted by Crippen LogP contribution is -2.28. The Kier molecular flexibility index (Phi) is 3.74. The molecule has 0 aromatic heterocycles. The minimum atomic E-state index is -0.252. The summed E-state index contributed by atoms with van der Waals surface area (Å²) in [5.74, 6) is 0.219. The van der Waals surface area contributed by atoms with Crippen LogP contribution in [0.3, 0.4) is 0 Å². The van der Waals surface area contributed by atoms with Crippen LogP contribution in [0.25, 0.3) is 0 Å². The Hall–Kier alpha value is -1.81. The molecule has 102 valence electrons. The highest BCUT2D eigenvalue weighted by atomic mass is 32.2. The average molecular weight is 287 g/mol. The number of carbonyl (C=O) groups excluding carboxylic acids is 1. The predicted octanol–water partition coefficient (Wildman–Crippen LogP) is 3.60. The summed E-state index contributed by atoms with van der Waals surface area (Å²) >= 11 is 1.48. The average Bonchev–Trinajstić information content (AvgIpc) is 2.82. The van der Waals surface area contributed by atoms with Gasteiger partial charge in [-0.15, -0.1) is 11.8 Å². The molecule has 1 unspecified atom stereocenters. The van der Waals surface area contributed by atoms with E-state index < -0.39 is 0 Å². The standard InChI is InChI=1S/C16H14FNOS/c17-14-9-5-4-8-13(14)16-18(15(19)11-20-16)10-12-6-2-1-3-7-12/h1-9,16H,10-11H2. The monoisotopic (exact) mass is 287 g/mol. The van der Waals surface area contributed by atoms with Gasteiger partial charge in [0.2, 0.25) is 5.91 Å². The third-order valence-electron chi connectivity index (χ3n) is 3.34. The van der Waals surface area contributed by atoms with Gasteiger partial charge in [-0.3, -0.25) is 4.79 Å². The molecule has 0 aliphatic carbocycles. The topological polar surface area (TPSA) is 20.3 Å². The summed E-state index contributed by atoms with van der Waals surface area (Å²) in [4.78, 5) is 13.8. The van der Waals surface area contributed by atoms with E-state index in [4.69, 9.17) is 0 Å². The van der Waals surface area contributed by atoms with Crippen molar-refractivity contribution in [3.63, 3.8) is 0 Å². The van der Waals surface area contributed by atoms with Gasteiger partial charge in [-0.2, -0.15) is 0 Å². The molecule has 0 N–H and O–H groups in total.